The minimum Gasteiger partial charge on any atom is -0.356 e. The zero-order valence-corrected chi connectivity index (χ0v) is 17.8. The van der Waals surface area contributed by atoms with Crippen LogP contribution in [0, 0.1) is 0 Å². The molecule has 3 rings (SSSR count). The highest BCUT2D eigenvalue weighted by Gasteiger charge is 2.16. The van der Waals surface area contributed by atoms with Crippen LogP contribution in [0.25, 0.3) is 0 Å². The van der Waals surface area contributed by atoms with E-state index in [0.29, 0.717) is 0 Å². The number of nitrogens with zero attached hydrogens (tertiary/aromatic N) is 4. The molecule has 1 aromatic carbocycles. The SMILES string of the molecule is CCN1CCN(Cc2ccccc2CNC(=NC)NCCc2ccccn2)CC1. The summed E-state index contributed by atoms with van der Waals surface area (Å²) in [6.07, 6.45) is 2.71. The van der Waals surface area contributed by atoms with Crippen molar-refractivity contribution in [2.75, 3.05) is 46.3 Å². The van der Waals surface area contributed by atoms with Crippen molar-refractivity contribution in [1.82, 2.24) is 25.4 Å². The summed E-state index contributed by atoms with van der Waals surface area (Å²) in [5, 5.41) is 6.84. The molecule has 1 aliphatic heterocycles. The van der Waals surface area contributed by atoms with Crippen LogP contribution in [0.4, 0.5) is 0 Å². The van der Waals surface area contributed by atoms with Gasteiger partial charge in [0, 0.05) is 71.2 Å². The van der Waals surface area contributed by atoms with E-state index in [9.17, 15) is 0 Å². The lowest BCUT2D eigenvalue weighted by molar-refractivity contribution is 0.131. The minimum absolute atomic E-state index is 0.772. The Labute approximate surface area is 175 Å². The van der Waals surface area contributed by atoms with Gasteiger partial charge in [0.15, 0.2) is 5.96 Å². The maximum Gasteiger partial charge on any atom is 0.191 e. The quantitative estimate of drug-likeness (QED) is 0.531. The second kappa shape index (κ2) is 11.5. The third kappa shape index (κ3) is 6.84. The van der Waals surface area contributed by atoms with Gasteiger partial charge in [0.1, 0.15) is 0 Å². The van der Waals surface area contributed by atoms with Crippen molar-refractivity contribution in [3.05, 3.63) is 65.5 Å². The van der Waals surface area contributed by atoms with Crippen molar-refractivity contribution in [1.29, 1.82) is 0 Å². The molecule has 0 aliphatic carbocycles. The van der Waals surface area contributed by atoms with Crippen LogP contribution in [-0.4, -0.2) is 67.1 Å². The van der Waals surface area contributed by atoms with Crippen molar-refractivity contribution in [2.45, 2.75) is 26.4 Å². The van der Waals surface area contributed by atoms with E-state index in [-0.39, 0.29) is 0 Å². The van der Waals surface area contributed by atoms with Gasteiger partial charge in [-0.1, -0.05) is 37.3 Å². The summed E-state index contributed by atoms with van der Waals surface area (Å²) >= 11 is 0. The molecule has 1 fully saturated rings. The standard InChI is InChI=1S/C23H34N6/c1-3-28-14-16-29(17-15-28)19-21-9-5-4-8-20(21)18-27-23(24-2)26-13-11-22-10-6-7-12-25-22/h4-10,12H,3,11,13-19H2,1-2H3,(H2,24,26,27). The predicted octanol–water partition coefficient (Wildman–Crippen LogP) is 2.13. The number of aliphatic imine (C=N–C) groups is 1. The van der Waals surface area contributed by atoms with Crippen LogP contribution in [0.15, 0.2) is 53.7 Å². The average molecular weight is 395 g/mol. The maximum absolute atomic E-state index is 4.36. The zero-order chi connectivity index (χ0) is 20.3. The van der Waals surface area contributed by atoms with Crippen molar-refractivity contribution < 1.29 is 0 Å². The monoisotopic (exact) mass is 394 g/mol. The van der Waals surface area contributed by atoms with Crippen LogP contribution in [0.2, 0.25) is 0 Å². The summed E-state index contributed by atoms with van der Waals surface area (Å²) in [7, 11) is 1.81. The first-order chi connectivity index (χ1) is 14.3. The predicted molar refractivity (Wildman–Crippen MR) is 120 cm³/mol. The molecule has 0 saturated carbocycles. The Hall–Kier alpha value is -2.44. The topological polar surface area (TPSA) is 55.8 Å². The Balaban J connectivity index is 1.48. The second-order valence-electron chi connectivity index (χ2n) is 7.40. The fourth-order valence-corrected chi connectivity index (χ4v) is 3.64. The number of rotatable bonds is 8. The first-order valence-electron chi connectivity index (χ1n) is 10.6. The van der Waals surface area contributed by atoms with E-state index in [1.807, 2.05) is 25.4 Å². The summed E-state index contributed by atoms with van der Waals surface area (Å²) in [6.45, 7) is 10.6. The number of likely N-dealkylation sites (N-methyl/N-ethyl adjacent to an activating group) is 1. The van der Waals surface area contributed by atoms with E-state index in [2.05, 4.69) is 67.7 Å². The number of guanidine groups is 1. The van der Waals surface area contributed by atoms with Crippen molar-refractivity contribution in [3.63, 3.8) is 0 Å². The molecule has 1 aromatic heterocycles. The zero-order valence-electron chi connectivity index (χ0n) is 17.8. The number of piperazine rings is 1. The van der Waals surface area contributed by atoms with Crippen LogP contribution in [0.1, 0.15) is 23.7 Å². The molecule has 0 atom stereocenters. The Kier molecular flexibility index (Phi) is 8.46. The Morgan fingerprint density at radius 2 is 1.69 bits per heavy atom. The molecule has 1 aliphatic rings. The van der Waals surface area contributed by atoms with Gasteiger partial charge in [-0.25, -0.2) is 0 Å². The molecule has 1 saturated heterocycles. The van der Waals surface area contributed by atoms with Gasteiger partial charge in [-0.3, -0.25) is 14.9 Å². The molecular formula is C23H34N6. The van der Waals surface area contributed by atoms with Gasteiger partial charge in [0.25, 0.3) is 0 Å². The normalized spacial score (nSPS) is 16.0. The summed E-state index contributed by atoms with van der Waals surface area (Å²) in [4.78, 5) is 13.8. The van der Waals surface area contributed by atoms with Crippen molar-refractivity contribution in [3.8, 4) is 0 Å². The van der Waals surface area contributed by atoms with Gasteiger partial charge in [0.05, 0.1) is 0 Å². The Morgan fingerprint density at radius 3 is 2.38 bits per heavy atom. The molecule has 2 N–H and O–H groups in total. The lowest BCUT2D eigenvalue weighted by atomic mass is 10.1. The van der Waals surface area contributed by atoms with E-state index in [1.165, 1.54) is 24.2 Å². The van der Waals surface area contributed by atoms with Crippen LogP contribution >= 0.6 is 0 Å². The van der Waals surface area contributed by atoms with Gasteiger partial charge < -0.3 is 15.5 Å². The van der Waals surface area contributed by atoms with Crippen LogP contribution < -0.4 is 10.6 Å². The molecule has 2 heterocycles. The summed E-state index contributed by atoms with van der Waals surface area (Å²) in [5.74, 6) is 0.826. The molecule has 6 nitrogen and oxygen atoms in total. The summed E-state index contributed by atoms with van der Waals surface area (Å²) in [5.41, 5.74) is 3.82. The third-order valence-electron chi connectivity index (χ3n) is 5.49. The number of hydrogen-bond acceptors (Lipinski definition) is 4. The largest absolute Gasteiger partial charge is 0.356 e. The number of benzene rings is 1. The molecule has 29 heavy (non-hydrogen) atoms. The Bertz CT molecular complexity index is 753. The average Bonchev–Trinajstić information content (AvgIpc) is 2.78. The molecule has 6 heteroatoms. The molecule has 0 amide bonds. The van der Waals surface area contributed by atoms with E-state index in [0.717, 1.165) is 57.3 Å². The third-order valence-corrected chi connectivity index (χ3v) is 5.49. The van der Waals surface area contributed by atoms with E-state index in [1.54, 1.807) is 0 Å². The summed E-state index contributed by atoms with van der Waals surface area (Å²) in [6, 6.07) is 14.7. The number of hydrogen-bond donors (Lipinski definition) is 2. The minimum atomic E-state index is 0.772. The van der Waals surface area contributed by atoms with Gasteiger partial charge in [0.2, 0.25) is 0 Å². The number of aromatic nitrogens is 1. The number of nitrogens with one attached hydrogen (secondary N) is 2. The molecule has 2 aromatic rings. The molecule has 156 valence electrons. The highest BCUT2D eigenvalue weighted by Crippen LogP contribution is 2.13. The number of pyridine rings is 1. The van der Waals surface area contributed by atoms with Gasteiger partial charge in [-0.05, 0) is 29.8 Å². The Morgan fingerprint density at radius 1 is 0.966 bits per heavy atom. The summed E-state index contributed by atoms with van der Waals surface area (Å²) < 4.78 is 0. The molecule has 0 radical (unpaired) electrons. The molecular weight excluding hydrogens is 360 g/mol. The van der Waals surface area contributed by atoms with E-state index >= 15 is 0 Å². The molecule has 0 bridgehead atoms. The first-order valence-corrected chi connectivity index (χ1v) is 10.6. The van der Waals surface area contributed by atoms with E-state index in [4.69, 9.17) is 0 Å². The van der Waals surface area contributed by atoms with Crippen LogP contribution in [-0.2, 0) is 19.5 Å². The van der Waals surface area contributed by atoms with Gasteiger partial charge >= 0.3 is 0 Å². The smallest absolute Gasteiger partial charge is 0.191 e. The van der Waals surface area contributed by atoms with Crippen LogP contribution in [0.5, 0.6) is 0 Å². The maximum atomic E-state index is 4.36. The lowest BCUT2D eigenvalue weighted by Gasteiger charge is -2.34. The first kappa shape index (κ1) is 21.3. The van der Waals surface area contributed by atoms with Crippen LogP contribution in [0.3, 0.4) is 0 Å². The van der Waals surface area contributed by atoms with E-state index < -0.39 is 0 Å². The van der Waals surface area contributed by atoms with Gasteiger partial charge in [-0.2, -0.15) is 0 Å². The fraction of sp³-hybridized carbons (Fsp3) is 0.478. The fourth-order valence-electron chi connectivity index (χ4n) is 3.64. The lowest BCUT2D eigenvalue weighted by Crippen LogP contribution is -2.45. The van der Waals surface area contributed by atoms with Crippen molar-refractivity contribution in [2.24, 2.45) is 4.99 Å². The highest BCUT2D eigenvalue weighted by molar-refractivity contribution is 5.79. The molecule has 0 unspecified atom stereocenters. The highest BCUT2D eigenvalue weighted by atomic mass is 15.3. The van der Waals surface area contributed by atoms with Gasteiger partial charge in [-0.15, -0.1) is 0 Å². The van der Waals surface area contributed by atoms with Crippen molar-refractivity contribution >= 4 is 5.96 Å². The second-order valence-corrected chi connectivity index (χ2v) is 7.40. The molecule has 0 spiro atoms.